The molecule has 0 saturated carbocycles. The van der Waals surface area contributed by atoms with Crippen molar-refractivity contribution >= 4 is 17.1 Å². The molecule has 0 amide bonds. The van der Waals surface area contributed by atoms with Gasteiger partial charge in [-0.3, -0.25) is 0 Å². The van der Waals surface area contributed by atoms with Crippen LogP contribution in [0, 0.1) is 19.7 Å². The first-order chi connectivity index (χ1) is 8.06. The zero-order valence-electron chi connectivity index (χ0n) is 9.92. The lowest BCUT2D eigenvalue weighted by Gasteiger charge is -2.11. The first-order valence-corrected chi connectivity index (χ1v) is 5.45. The summed E-state index contributed by atoms with van der Waals surface area (Å²) < 4.78 is 13.6. The Morgan fingerprint density at radius 3 is 2.53 bits per heavy atom. The maximum absolute atomic E-state index is 13.6. The van der Waals surface area contributed by atoms with Crippen LogP contribution in [0.1, 0.15) is 11.1 Å². The molecule has 2 aromatic rings. The van der Waals surface area contributed by atoms with Crippen LogP contribution in [0.25, 0.3) is 0 Å². The molecule has 3 N–H and O–H groups in total. The Labute approximate surface area is 100 Å². The fourth-order valence-electron chi connectivity index (χ4n) is 1.65. The molecule has 0 unspecified atom stereocenters. The third-order valence-electron chi connectivity index (χ3n) is 2.65. The second kappa shape index (κ2) is 4.45. The molecule has 0 atom stereocenters. The van der Waals surface area contributed by atoms with Crippen LogP contribution < -0.4 is 11.1 Å². The second-order valence-electron chi connectivity index (χ2n) is 4.18. The lowest BCUT2D eigenvalue weighted by Crippen LogP contribution is -1.97. The molecule has 0 bridgehead atoms. The van der Waals surface area contributed by atoms with E-state index in [0.717, 1.165) is 16.8 Å². The highest BCUT2D eigenvalue weighted by Gasteiger charge is 2.04. The summed E-state index contributed by atoms with van der Waals surface area (Å²) in [5.41, 5.74) is 9.71. The number of nitrogens with one attached hydrogen (secondary N) is 1. The topological polar surface area (TPSA) is 38.0 Å². The Hall–Kier alpha value is -2.03. The summed E-state index contributed by atoms with van der Waals surface area (Å²) in [6, 6.07) is 10.5. The van der Waals surface area contributed by atoms with Crippen molar-refractivity contribution in [2.75, 3.05) is 11.1 Å². The molecular formula is C14H15FN2. The summed E-state index contributed by atoms with van der Waals surface area (Å²) in [5, 5.41) is 3.07. The minimum Gasteiger partial charge on any atom is -0.399 e. The maximum atomic E-state index is 13.6. The minimum atomic E-state index is -0.266. The summed E-state index contributed by atoms with van der Waals surface area (Å²) in [4.78, 5) is 0. The van der Waals surface area contributed by atoms with Crippen LogP contribution in [0.2, 0.25) is 0 Å². The highest BCUT2D eigenvalue weighted by Crippen LogP contribution is 2.25. The van der Waals surface area contributed by atoms with Crippen LogP contribution in [0.5, 0.6) is 0 Å². The SMILES string of the molecule is Cc1ccc(F)c(Nc2cc(N)ccc2C)c1. The Morgan fingerprint density at radius 1 is 1.00 bits per heavy atom. The number of hydrogen-bond donors (Lipinski definition) is 2. The molecule has 0 aromatic heterocycles. The van der Waals surface area contributed by atoms with E-state index in [9.17, 15) is 4.39 Å². The van der Waals surface area contributed by atoms with Crippen LogP contribution in [0.15, 0.2) is 36.4 Å². The van der Waals surface area contributed by atoms with E-state index in [2.05, 4.69) is 5.32 Å². The largest absolute Gasteiger partial charge is 0.399 e. The molecule has 0 fully saturated rings. The van der Waals surface area contributed by atoms with Gasteiger partial charge in [0.25, 0.3) is 0 Å². The van der Waals surface area contributed by atoms with Crippen molar-refractivity contribution in [3.8, 4) is 0 Å². The number of nitrogens with two attached hydrogens (primary N) is 1. The van der Waals surface area contributed by atoms with Gasteiger partial charge in [0.05, 0.1) is 5.69 Å². The summed E-state index contributed by atoms with van der Waals surface area (Å²) in [6.07, 6.45) is 0. The molecule has 0 spiro atoms. The molecule has 0 saturated heterocycles. The molecular weight excluding hydrogens is 215 g/mol. The fourth-order valence-corrected chi connectivity index (χ4v) is 1.65. The van der Waals surface area contributed by atoms with E-state index in [4.69, 9.17) is 5.73 Å². The van der Waals surface area contributed by atoms with Gasteiger partial charge in [-0.2, -0.15) is 0 Å². The molecule has 88 valence electrons. The van der Waals surface area contributed by atoms with E-state index in [0.29, 0.717) is 11.4 Å². The highest BCUT2D eigenvalue weighted by atomic mass is 19.1. The maximum Gasteiger partial charge on any atom is 0.146 e. The number of benzene rings is 2. The van der Waals surface area contributed by atoms with Gasteiger partial charge in [-0.15, -0.1) is 0 Å². The Balaban J connectivity index is 2.37. The van der Waals surface area contributed by atoms with Crippen molar-refractivity contribution in [3.63, 3.8) is 0 Å². The third-order valence-corrected chi connectivity index (χ3v) is 2.65. The molecule has 2 rings (SSSR count). The lowest BCUT2D eigenvalue weighted by atomic mass is 10.1. The summed E-state index contributed by atoms with van der Waals surface area (Å²) in [6.45, 7) is 3.88. The first kappa shape index (κ1) is 11.5. The van der Waals surface area contributed by atoms with Gasteiger partial charge in [0, 0.05) is 11.4 Å². The van der Waals surface area contributed by atoms with Crippen molar-refractivity contribution in [1.29, 1.82) is 0 Å². The van der Waals surface area contributed by atoms with E-state index in [-0.39, 0.29) is 5.82 Å². The predicted octanol–water partition coefficient (Wildman–Crippen LogP) is 3.77. The smallest absolute Gasteiger partial charge is 0.146 e. The zero-order valence-corrected chi connectivity index (χ0v) is 9.92. The van der Waals surface area contributed by atoms with Crippen LogP contribution in [0.3, 0.4) is 0 Å². The van der Waals surface area contributed by atoms with E-state index < -0.39 is 0 Å². The van der Waals surface area contributed by atoms with E-state index in [1.54, 1.807) is 18.2 Å². The van der Waals surface area contributed by atoms with Gasteiger partial charge in [0.1, 0.15) is 5.82 Å². The average Bonchev–Trinajstić information content (AvgIpc) is 2.28. The Kier molecular flexibility index (Phi) is 3.00. The monoisotopic (exact) mass is 230 g/mol. The number of nitrogen functional groups attached to an aromatic ring is 1. The van der Waals surface area contributed by atoms with Crippen LogP contribution in [-0.2, 0) is 0 Å². The lowest BCUT2D eigenvalue weighted by molar-refractivity contribution is 0.631. The summed E-state index contributed by atoms with van der Waals surface area (Å²) in [7, 11) is 0. The zero-order chi connectivity index (χ0) is 12.4. The molecule has 0 aliphatic heterocycles. The molecule has 2 aromatic carbocycles. The molecule has 0 aliphatic rings. The number of hydrogen-bond acceptors (Lipinski definition) is 2. The summed E-state index contributed by atoms with van der Waals surface area (Å²) >= 11 is 0. The van der Waals surface area contributed by atoms with Gasteiger partial charge in [-0.05, 0) is 49.2 Å². The number of aryl methyl sites for hydroxylation is 2. The standard InChI is InChI=1S/C14H15FN2/c1-9-3-6-12(15)14(7-9)17-13-8-11(16)5-4-10(13)2/h3-8,17H,16H2,1-2H3. The van der Waals surface area contributed by atoms with E-state index >= 15 is 0 Å². The third kappa shape index (κ3) is 2.56. The fraction of sp³-hybridized carbons (Fsp3) is 0.143. The van der Waals surface area contributed by atoms with E-state index in [1.165, 1.54) is 6.07 Å². The normalized spacial score (nSPS) is 10.3. The van der Waals surface area contributed by atoms with Gasteiger partial charge < -0.3 is 11.1 Å². The Bertz CT molecular complexity index is 500. The second-order valence-corrected chi connectivity index (χ2v) is 4.18. The van der Waals surface area contributed by atoms with Crippen LogP contribution in [0.4, 0.5) is 21.5 Å². The minimum absolute atomic E-state index is 0.266. The van der Waals surface area contributed by atoms with Crippen molar-refractivity contribution < 1.29 is 4.39 Å². The molecule has 0 aliphatic carbocycles. The quantitative estimate of drug-likeness (QED) is 0.771. The van der Waals surface area contributed by atoms with Gasteiger partial charge in [-0.1, -0.05) is 12.1 Å². The van der Waals surface area contributed by atoms with Crippen molar-refractivity contribution in [1.82, 2.24) is 0 Å². The summed E-state index contributed by atoms with van der Waals surface area (Å²) in [5.74, 6) is -0.266. The first-order valence-electron chi connectivity index (χ1n) is 5.45. The molecule has 3 heteroatoms. The highest BCUT2D eigenvalue weighted by molar-refractivity contribution is 5.67. The van der Waals surface area contributed by atoms with Gasteiger partial charge >= 0.3 is 0 Å². The molecule has 17 heavy (non-hydrogen) atoms. The van der Waals surface area contributed by atoms with Gasteiger partial charge in [0.2, 0.25) is 0 Å². The van der Waals surface area contributed by atoms with Gasteiger partial charge in [-0.25, -0.2) is 4.39 Å². The average molecular weight is 230 g/mol. The predicted molar refractivity (Wildman–Crippen MR) is 70.0 cm³/mol. The molecule has 0 radical (unpaired) electrons. The number of halogens is 1. The molecule has 0 heterocycles. The van der Waals surface area contributed by atoms with Crippen LogP contribution in [-0.4, -0.2) is 0 Å². The van der Waals surface area contributed by atoms with E-state index in [1.807, 2.05) is 26.0 Å². The van der Waals surface area contributed by atoms with Crippen molar-refractivity contribution in [3.05, 3.63) is 53.3 Å². The van der Waals surface area contributed by atoms with Gasteiger partial charge in [0.15, 0.2) is 0 Å². The van der Waals surface area contributed by atoms with Crippen molar-refractivity contribution in [2.24, 2.45) is 0 Å². The van der Waals surface area contributed by atoms with Crippen LogP contribution >= 0.6 is 0 Å². The molecule has 2 nitrogen and oxygen atoms in total. The number of anilines is 3. The van der Waals surface area contributed by atoms with Crippen molar-refractivity contribution in [2.45, 2.75) is 13.8 Å². The Morgan fingerprint density at radius 2 is 1.76 bits per heavy atom. The number of rotatable bonds is 2.